The third-order valence-corrected chi connectivity index (χ3v) is 15.0. The number of amides is 2. The standard InChI is InChI=1S/C45H49N7O5S2/c1-25(2)41(44(56)52-23-31(53)17-35(52)43(55)47-26(3)28-9-11-29(12-10-28)42-27(4)46-24-58-42)37-20-40(50-57-37)51-15-13-45(14-16-51)21-30(22-45)38-19-34-39(59-38)18-33(48-49-34)32-7-5-6-8-36(32)54/h5-12,18-20,24-26,30-31,35,41,53-54H,13-17,21-23H2,1-4H3,(H,47,55)/t26-,31+,35-,41+/m0/s1. The number of thiazole rings is 1. The molecule has 3 fully saturated rings. The van der Waals surface area contributed by atoms with Gasteiger partial charge in [-0.25, -0.2) is 4.98 Å². The number of β-amino-alcohol motifs (C(OH)–C–C–N with tert-alkyl or cyclic N) is 1. The normalized spacial score (nSPS) is 20.3. The molecule has 59 heavy (non-hydrogen) atoms. The number of nitrogens with one attached hydrogen (secondary N) is 1. The van der Waals surface area contributed by atoms with Crippen molar-refractivity contribution in [2.45, 2.75) is 89.8 Å². The van der Waals surface area contributed by atoms with Gasteiger partial charge in [0.2, 0.25) is 11.8 Å². The first kappa shape index (κ1) is 39.3. The minimum atomic E-state index is -0.799. The molecule has 0 radical (unpaired) electrons. The molecule has 1 aliphatic carbocycles. The van der Waals surface area contributed by atoms with Gasteiger partial charge in [-0.3, -0.25) is 9.59 Å². The Morgan fingerprint density at radius 2 is 1.76 bits per heavy atom. The molecule has 9 rings (SSSR count). The van der Waals surface area contributed by atoms with Crippen LogP contribution in [0.4, 0.5) is 5.82 Å². The first-order chi connectivity index (χ1) is 28.4. The van der Waals surface area contributed by atoms with Crippen molar-refractivity contribution in [3.05, 3.63) is 94.1 Å². The van der Waals surface area contributed by atoms with Crippen LogP contribution in [0.1, 0.15) is 92.6 Å². The molecular weight excluding hydrogens is 783 g/mol. The predicted molar refractivity (Wildman–Crippen MR) is 229 cm³/mol. The third-order valence-electron chi connectivity index (χ3n) is 12.8. The van der Waals surface area contributed by atoms with Gasteiger partial charge >= 0.3 is 0 Å². The molecule has 2 amide bonds. The summed E-state index contributed by atoms with van der Waals surface area (Å²) in [6.07, 6.45) is 3.75. The Hall–Kier alpha value is -5.18. The van der Waals surface area contributed by atoms with Gasteiger partial charge in [0, 0.05) is 42.6 Å². The van der Waals surface area contributed by atoms with Gasteiger partial charge in [-0.1, -0.05) is 55.4 Å². The Morgan fingerprint density at radius 3 is 2.47 bits per heavy atom. The molecule has 3 N–H and O–H groups in total. The lowest BCUT2D eigenvalue weighted by Crippen LogP contribution is -2.48. The van der Waals surface area contributed by atoms with E-state index < -0.39 is 18.1 Å². The van der Waals surface area contributed by atoms with Crippen molar-refractivity contribution in [3.8, 4) is 27.4 Å². The zero-order valence-corrected chi connectivity index (χ0v) is 35.3. The summed E-state index contributed by atoms with van der Waals surface area (Å²) < 4.78 is 7.00. The number of carbonyl (C=O) groups excluding carboxylic acids is 2. The number of aliphatic hydroxyl groups excluding tert-OH is 1. The minimum absolute atomic E-state index is 0.0851. The summed E-state index contributed by atoms with van der Waals surface area (Å²) in [5, 5.41) is 37.5. The number of benzene rings is 2. The van der Waals surface area contributed by atoms with E-state index in [1.807, 2.05) is 81.7 Å². The number of hydrogen-bond donors (Lipinski definition) is 3. The van der Waals surface area contributed by atoms with Gasteiger partial charge in [-0.2, -0.15) is 0 Å². The second-order valence-electron chi connectivity index (χ2n) is 17.1. The number of aromatic hydroxyl groups is 1. The first-order valence-electron chi connectivity index (χ1n) is 20.5. The fraction of sp³-hybridized carbons (Fsp3) is 0.422. The number of nitrogens with zero attached hydrogens (tertiary/aromatic N) is 6. The van der Waals surface area contributed by atoms with Gasteiger partial charge in [0.05, 0.1) is 38.6 Å². The van der Waals surface area contributed by atoms with Crippen molar-refractivity contribution >= 4 is 50.5 Å². The Balaban J connectivity index is 0.813. The molecule has 2 aliphatic heterocycles. The molecule has 2 aromatic carbocycles. The van der Waals surface area contributed by atoms with E-state index in [2.05, 4.69) is 36.6 Å². The summed E-state index contributed by atoms with van der Waals surface area (Å²) in [7, 11) is 0. The zero-order chi connectivity index (χ0) is 41.0. The lowest BCUT2D eigenvalue weighted by atomic mass is 9.57. The van der Waals surface area contributed by atoms with Gasteiger partial charge in [0.15, 0.2) is 11.6 Å². The number of para-hydroxylation sites is 1. The van der Waals surface area contributed by atoms with Gasteiger partial charge in [0.1, 0.15) is 23.2 Å². The fourth-order valence-electron chi connectivity index (χ4n) is 9.38. The van der Waals surface area contributed by atoms with Gasteiger partial charge in [0.25, 0.3) is 0 Å². The Labute approximate surface area is 351 Å². The van der Waals surface area contributed by atoms with Crippen LogP contribution in [-0.2, 0) is 9.59 Å². The Morgan fingerprint density at radius 1 is 1.00 bits per heavy atom. The van der Waals surface area contributed by atoms with Crippen molar-refractivity contribution in [1.29, 1.82) is 0 Å². The van der Waals surface area contributed by atoms with E-state index in [0.717, 1.165) is 76.5 Å². The molecule has 4 aromatic heterocycles. The molecule has 0 unspecified atom stereocenters. The van der Waals surface area contributed by atoms with Crippen LogP contribution < -0.4 is 10.2 Å². The average molecular weight is 832 g/mol. The van der Waals surface area contributed by atoms with Crippen LogP contribution in [0.25, 0.3) is 31.9 Å². The van der Waals surface area contributed by atoms with Crippen molar-refractivity contribution < 1.29 is 24.3 Å². The molecule has 1 spiro atoms. The highest BCUT2D eigenvalue weighted by Crippen LogP contribution is 2.58. The maximum Gasteiger partial charge on any atom is 0.243 e. The molecule has 306 valence electrons. The number of hydrogen-bond acceptors (Lipinski definition) is 12. The second kappa shape index (κ2) is 15.8. The SMILES string of the molecule is Cc1ncsc1-c1ccc([C@H](C)NC(=O)[C@@H]2C[C@@H](O)CN2C(=O)[C@@H](c2cc(N3CCC4(CC3)CC(c3cc5nnc(-c6ccccc6O)cc5s3)C4)no2)C(C)C)cc1. The van der Waals surface area contributed by atoms with Gasteiger partial charge in [-0.05, 0) is 92.2 Å². The van der Waals surface area contributed by atoms with Crippen LogP contribution >= 0.6 is 22.7 Å². The van der Waals surface area contributed by atoms with Crippen molar-refractivity contribution in [2.24, 2.45) is 11.3 Å². The molecule has 1 saturated carbocycles. The lowest BCUT2D eigenvalue weighted by Gasteiger charge is -2.52. The number of piperidine rings is 1. The monoisotopic (exact) mass is 831 g/mol. The van der Waals surface area contributed by atoms with Crippen molar-refractivity contribution in [1.82, 2.24) is 30.6 Å². The van der Waals surface area contributed by atoms with E-state index in [9.17, 15) is 19.8 Å². The van der Waals surface area contributed by atoms with E-state index in [1.165, 1.54) is 9.78 Å². The second-order valence-corrected chi connectivity index (χ2v) is 19.0. The van der Waals surface area contributed by atoms with Crippen molar-refractivity contribution in [2.75, 3.05) is 24.5 Å². The zero-order valence-electron chi connectivity index (χ0n) is 33.7. The number of phenolic OH excluding ortho intramolecular Hbond substituents is 1. The highest BCUT2D eigenvalue weighted by atomic mass is 32.1. The largest absolute Gasteiger partial charge is 0.507 e. The summed E-state index contributed by atoms with van der Waals surface area (Å²) in [5.74, 6) is 0.598. The molecule has 2 saturated heterocycles. The number of anilines is 1. The number of thiophene rings is 1. The molecule has 6 heterocycles. The van der Waals surface area contributed by atoms with E-state index in [0.29, 0.717) is 28.4 Å². The lowest BCUT2D eigenvalue weighted by molar-refractivity contribution is -0.141. The van der Waals surface area contributed by atoms with Gasteiger partial charge in [-0.15, -0.1) is 32.9 Å². The number of phenols is 1. The summed E-state index contributed by atoms with van der Waals surface area (Å²) in [6, 6.07) is 20.3. The van der Waals surface area contributed by atoms with Gasteiger partial charge < -0.3 is 29.9 Å². The number of carbonyl (C=O) groups is 2. The number of rotatable bonds is 10. The molecule has 4 atom stereocenters. The van der Waals surface area contributed by atoms with Crippen molar-refractivity contribution in [3.63, 3.8) is 0 Å². The summed E-state index contributed by atoms with van der Waals surface area (Å²) in [5.41, 5.74) is 7.40. The summed E-state index contributed by atoms with van der Waals surface area (Å²) >= 11 is 3.38. The summed E-state index contributed by atoms with van der Waals surface area (Å²) in [6.45, 7) is 9.66. The maximum atomic E-state index is 14.3. The Kier molecular flexibility index (Phi) is 10.5. The van der Waals surface area contributed by atoms with Crippen LogP contribution in [0.5, 0.6) is 5.75 Å². The number of likely N-dealkylation sites (tertiary alicyclic amines) is 1. The highest BCUT2D eigenvalue weighted by molar-refractivity contribution is 7.19. The maximum absolute atomic E-state index is 14.3. The van der Waals surface area contributed by atoms with E-state index in [-0.39, 0.29) is 42.5 Å². The molecule has 14 heteroatoms. The number of aryl methyl sites for hydroxylation is 1. The van der Waals surface area contributed by atoms with Crippen LogP contribution in [0, 0.1) is 18.3 Å². The topological polar surface area (TPSA) is 158 Å². The average Bonchev–Trinajstić information content (AvgIpc) is 4.04. The molecule has 6 aromatic rings. The third kappa shape index (κ3) is 7.62. The molecular formula is C45H49N7O5S2. The van der Waals surface area contributed by atoms with Crippen LogP contribution in [0.15, 0.2) is 76.8 Å². The number of fused-ring (bicyclic) bond motifs is 1. The van der Waals surface area contributed by atoms with E-state index in [1.54, 1.807) is 34.8 Å². The molecule has 3 aliphatic rings. The summed E-state index contributed by atoms with van der Waals surface area (Å²) in [4.78, 5) is 38.7. The van der Waals surface area contributed by atoms with E-state index in [4.69, 9.17) is 4.52 Å². The van der Waals surface area contributed by atoms with Crippen LogP contribution in [-0.4, -0.2) is 79.0 Å². The predicted octanol–water partition coefficient (Wildman–Crippen LogP) is 8.23. The quantitative estimate of drug-likeness (QED) is 0.123. The molecule has 12 nitrogen and oxygen atoms in total. The minimum Gasteiger partial charge on any atom is -0.507 e. The smallest absolute Gasteiger partial charge is 0.243 e. The van der Waals surface area contributed by atoms with E-state index >= 15 is 0 Å². The Bertz CT molecular complexity index is 2480. The number of aliphatic hydroxyl groups is 1. The molecule has 0 bridgehead atoms. The van der Waals surface area contributed by atoms with Crippen LogP contribution in [0.2, 0.25) is 0 Å². The fourth-order valence-corrected chi connectivity index (χ4v) is 11.3. The number of aromatic nitrogens is 4. The van der Waals surface area contributed by atoms with Crippen LogP contribution in [0.3, 0.4) is 0 Å². The first-order valence-corrected chi connectivity index (χ1v) is 22.2. The highest BCUT2D eigenvalue weighted by Gasteiger charge is 2.48.